The molecule has 1 aromatic heterocycles. The summed E-state index contributed by atoms with van der Waals surface area (Å²) >= 11 is 4.82. The molecule has 1 unspecified atom stereocenters. The fourth-order valence-corrected chi connectivity index (χ4v) is 4.50. The number of halogens is 1. The zero-order valence-corrected chi connectivity index (χ0v) is 12.7. The second-order valence-corrected chi connectivity index (χ2v) is 7.12. The molecule has 1 aliphatic heterocycles. The van der Waals surface area contributed by atoms with Gasteiger partial charge in [-0.05, 0) is 52.1 Å². The maximum atomic E-state index is 12.3. The molecule has 1 aromatic rings. The van der Waals surface area contributed by atoms with E-state index in [2.05, 4.69) is 15.9 Å². The van der Waals surface area contributed by atoms with Gasteiger partial charge in [0.25, 0.3) is 5.91 Å². The van der Waals surface area contributed by atoms with Crippen molar-refractivity contribution in [2.45, 2.75) is 19.3 Å². The highest BCUT2D eigenvalue weighted by Crippen LogP contribution is 2.59. The molecular formula is C13H14BrNO3S. The van der Waals surface area contributed by atoms with E-state index in [0.29, 0.717) is 13.1 Å². The molecule has 19 heavy (non-hydrogen) atoms. The quantitative estimate of drug-likeness (QED) is 0.898. The van der Waals surface area contributed by atoms with Crippen LogP contribution in [0.3, 0.4) is 0 Å². The van der Waals surface area contributed by atoms with Crippen LogP contribution in [0.25, 0.3) is 0 Å². The molecule has 2 fully saturated rings. The van der Waals surface area contributed by atoms with Gasteiger partial charge < -0.3 is 10.0 Å². The Hall–Kier alpha value is -0.880. The van der Waals surface area contributed by atoms with Crippen molar-refractivity contribution < 1.29 is 14.7 Å². The first-order valence-electron chi connectivity index (χ1n) is 6.28. The number of rotatable bonds is 2. The molecule has 1 N–H and O–H groups in total. The van der Waals surface area contributed by atoms with Crippen LogP contribution in [0.1, 0.15) is 28.9 Å². The van der Waals surface area contributed by atoms with Gasteiger partial charge >= 0.3 is 5.97 Å². The second kappa shape index (κ2) is 4.59. The number of carboxylic acids is 1. The predicted molar refractivity (Wildman–Crippen MR) is 75.3 cm³/mol. The van der Waals surface area contributed by atoms with E-state index in [1.54, 1.807) is 0 Å². The highest BCUT2D eigenvalue weighted by Gasteiger charge is 2.59. The van der Waals surface area contributed by atoms with E-state index in [1.807, 2.05) is 16.3 Å². The number of hydrogen-bond donors (Lipinski definition) is 1. The van der Waals surface area contributed by atoms with Crippen LogP contribution in [0.2, 0.25) is 0 Å². The van der Waals surface area contributed by atoms with Crippen LogP contribution < -0.4 is 0 Å². The Morgan fingerprint density at radius 3 is 2.58 bits per heavy atom. The number of carbonyl (C=O) groups excluding carboxylic acids is 1. The van der Waals surface area contributed by atoms with Crippen LogP contribution in [0.15, 0.2) is 15.9 Å². The smallest absolute Gasteiger partial charge is 0.307 e. The van der Waals surface area contributed by atoms with Gasteiger partial charge in [-0.25, -0.2) is 0 Å². The third-order valence-electron chi connectivity index (χ3n) is 4.35. The molecule has 0 bridgehead atoms. The molecule has 1 saturated carbocycles. The topological polar surface area (TPSA) is 57.6 Å². The predicted octanol–water partition coefficient (Wildman–Crippen LogP) is 2.84. The number of thiophene rings is 1. The van der Waals surface area contributed by atoms with E-state index in [4.69, 9.17) is 5.11 Å². The Morgan fingerprint density at radius 2 is 2.11 bits per heavy atom. The fraction of sp³-hybridized carbons (Fsp3) is 0.538. The number of piperidine rings is 1. The lowest BCUT2D eigenvalue weighted by molar-refractivity contribution is -0.139. The number of aliphatic carboxylic acids is 1. The third-order valence-corrected chi connectivity index (χ3v) is 6.17. The first-order chi connectivity index (χ1) is 9.03. The van der Waals surface area contributed by atoms with Crippen LogP contribution in [-0.2, 0) is 4.79 Å². The van der Waals surface area contributed by atoms with E-state index in [1.165, 1.54) is 11.3 Å². The fourth-order valence-electron chi connectivity index (χ4n) is 2.99. The van der Waals surface area contributed by atoms with E-state index >= 15 is 0 Å². The number of nitrogens with zero attached hydrogens (tertiary/aromatic N) is 1. The van der Waals surface area contributed by atoms with Crippen LogP contribution in [-0.4, -0.2) is 35.0 Å². The van der Waals surface area contributed by atoms with Crippen molar-refractivity contribution in [3.8, 4) is 0 Å². The molecule has 1 aliphatic carbocycles. The maximum absolute atomic E-state index is 12.3. The Morgan fingerprint density at radius 1 is 1.42 bits per heavy atom. The molecule has 0 aromatic carbocycles. The normalized spacial score (nSPS) is 24.5. The van der Waals surface area contributed by atoms with Gasteiger partial charge in [-0.1, -0.05) is 0 Å². The van der Waals surface area contributed by atoms with E-state index in [9.17, 15) is 9.59 Å². The third kappa shape index (κ3) is 2.21. The van der Waals surface area contributed by atoms with Gasteiger partial charge in [0.2, 0.25) is 0 Å². The summed E-state index contributed by atoms with van der Waals surface area (Å²) in [5, 5.41) is 10.9. The van der Waals surface area contributed by atoms with Crippen LogP contribution in [0, 0.1) is 11.3 Å². The first-order valence-corrected chi connectivity index (χ1v) is 7.96. The van der Waals surface area contributed by atoms with Gasteiger partial charge in [0.1, 0.15) is 4.88 Å². The number of amides is 1. The average molecular weight is 344 g/mol. The van der Waals surface area contributed by atoms with Crippen LogP contribution in [0.4, 0.5) is 0 Å². The average Bonchev–Trinajstić information content (AvgIpc) is 2.92. The summed E-state index contributed by atoms with van der Waals surface area (Å²) in [6.45, 7) is 1.35. The molecular weight excluding hydrogens is 330 g/mol. The molecule has 6 heteroatoms. The van der Waals surface area contributed by atoms with Crippen molar-refractivity contribution in [1.29, 1.82) is 0 Å². The van der Waals surface area contributed by atoms with Crippen molar-refractivity contribution in [3.05, 3.63) is 20.8 Å². The van der Waals surface area contributed by atoms with Gasteiger partial charge in [0.15, 0.2) is 0 Å². The minimum atomic E-state index is -0.680. The number of carbonyl (C=O) groups is 2. The van der Waals surface area contributed by atoms with E-state index in [0.717, 1.165) is 28.6 Å². The molecule has 1 saturated heterocycles. The summed E-state index contributed by atoms with van der Waals surface area (Å²) in [7, 11) is 0. The van der Waals surface area contributed by atoms with E-state index in [-0.39, 0.29) is 17.2 Å². The second-order valence-electron chi connectivity index (χ2n) is 5.35. The monoisotopic (exact) mass is 343 g/mol. The number of hydrogen-bond acceptors (Lipinski definition) is 3. The van der Waals surface area contributed by atoms with Crippen molar-refractivity contribution in [1.82, 2.24) is 4.90 Å². The van der Waals surface area contributed by atoms with Crippen molar-refractivity contribution >= 4 is 39.1 Å². The van der Waals surface area contributed by atoms with Crippen LogP contribution >= 0.6 is 27.3 Å². The minimum absolute atomic E-state index is 0.0186. The summed E-state index contributed by atoms with van der Waals surface area (Å²) in [6, 6.07) is 1.88. The molecule has 3 rings (SSSR count). The highest BCUT2D eigenvalue weighted by molar-refractivity contribution is 9.10. The number of carboxylic acid groups (broad SMARTS) is 1. The maximum Gasteiger partial charge on any atom is 0.307 e. The Labute approximate surface area is 123 Å². The summed E-state index contributed by atoms with van der Waals surface area (Å²) in [5.74, 6) is -0.803. The molecule has 1 spiro atoms. The zero-order chi connectivity index (χ0) is 13.6. The first kappa shape index (κ1) is 13.1. The Balaban J connectivity index is 1.64. The summed E-state index contributed by atoms with van der Waals surface area (Å²) < 4.78 is 0.845. The van der Waals surface area contributed by atoms with Crippen molar-refractivity contribution in [3.63, 3.8) is 0 Å². The van der Waals surface area contributed by atoms with Gasteiger partial charge in [0.05, 0.1) is 5.92 Å². The zero-order valence-electron chi connectivity index (χ0n) is 10.3. The lowest BCUT2D eigenvalue weighted by Crippen LogP contribution is -2.39. The van der Waals surface area contributed by atoms with Gasteiger partial charge in [-0.2, -0.15) is 0 Å². The highest BCUT2D eigenvalue weighted by atomic mass is 79.9. The molecule has 0 radical (unpaired) electrons. The SMILES string of the molecule is O=C(O)C1CC12CCN(C(=O)c1sccc1Br)CC2. The molecule has 4 nitrogen and oxygen atoms in total. The Kier molecular flexibility index (Phi) is 3.17. The van der Waals surface area contributed by atoms with Crippen molar-refractivity contribution in [2.24, 2.45) is 11.3 Å². The lowest BCUT2D eigenvalue weighted by Gasteiger charge is -2.32. The molecule has 2 heterocycles. The number of likely N-dealkylation sites (tertiary alicyclic amines) is 1. The standard InChI is InChI=1S/C13H14BrNO3S/c14-9-1-6-19-10(9)11(16)15-4-2-13(3-5-15)7-8(13)12(17)18/h1,6,8H,2-5,7H2,(H,17,18). The van der Waals surface area contributed by atoms with E-state index < -0.39 is 5.97 Å². The van der Waals surface area contributed by atoms with Gasteiger partial charge in [-0.3, -0.25) is 9.59 Å². The Bertz CT molecular complexity index is 534. The molecule has 102 valence electrons. The summed E-state index contributed by atoms with van der Waals surface area (Å²) in [4.78, 5) is 25.9. The van der Waals surface area contributed by atoms with Crippen LogP contribution in [0.5, 0.6) is 0 Å². The van der Waals surface area contributed by atoms with Gasteiger partial charge in [0, 0.05) is 17.6 Å². The van der Waals surface area contributed by atoms with Crippen molar-refractivity contribution in [2.75, 3.05) is 13.1 Å². The molecule has 1 atom stereocenters. The summed E-state index contributed by atoms with van der Waals surface area (Å²) in [6.07, 6.45) is 2.42. The minimum Gasteiger partial charge on any atom is -0.481 e. The lowest BCUT2D eigenvalue weighted by atomic mass is 9.91. The van der Waals surface area contributed by atoms with Gasteiger partial charge in [-0.15, -0.1) is 11.3 Å². The summed E-state index contributed by atoms with van der Waals surface area (Å²) in [5.41, 5.74) is -0.0186. The molecule has 2 aliphatic rings. The largest absolute Gasteiger partial charge is 0.481 e. The molecule has 1 amide bonds.